The number of para-hydroxylation sites is 1. The standard InChI is InChI=1S/C21H17BrN2O3S/c1-2-26-15-9-6-10-17-19(15)23-21(28-17)24(13-14-7-4-3-5-8-14)20(25)16-11-12-18(22)27-16/h3-12H,2,13H2,1H3. The number of ether oxygens (including phenoxy) is 1. The normalized spacial score (nSPS) is 10.9. The fraction of sp³-hybridized carbons (Fsp3) is 0.143. The van der Waals surface area contributed by atoms with Crippen LogP contribution >= 0.6 is 27.3 Å². The molecule has 142 valence electrons. The number of furan rings is 1. The summed E-state index contributed by atoms with van der Waals surface area (Å²) in [5.74, 6) is 0.731. The predicted octanol–water partition coefficient (Wildman–Crippen LogP) is 5.90. The minimum atomic E-state index is -0.244. The summed E-state index contributed by atoms with van der Waals surface area (Å²) in [5, 5.41) is 0.600. The van der Waals surface area contributed by atoms with Crippen LogP contribution in [0.4, 0.5) is 5.13 Å². The van der Waals surface area contributed by atoms with Gasteiger partial charge >= 0.3 is 0 Å². The number of benzene rings is 2. The molecule has 7 heteroatoms. The Morgan fingerprint density at radius 3 is 2.68 bits per heavy atom. The van der Waals surface area contributed by atoms with Crippen LogP contribution in [0.1, 0.15) is 23.0 Å². The molecule has 0 saturated heterocycles. The van der Waals surface area contributed by atoms with E-state index in [0.29, 0.717) is 23.0 Å². The minimum absolute atomic E-state index is 0.244. The first-order chi connectivity index (χ1) is 13.7. The van der Waals surface area contributed by atoms with Gasteiger partial charge in [0.15, 0.2) is 15.6 Å². The Balaban J connectivity index is 1.77. The van der Waals surface area contributed by atoms with Crippen molar-refractivity contribution in [3.05, 3.63) is 76.7 Å². The SMILES string of the molecule is CCOc1cccc2sc(N(Cc3ccccc3)C(=O)c3ccc(Br)o3)nc12. The van der Waals surface area contributed by atoms with Crippen LogP contribution in [0, 0.1) is 0 Å². The zero-order chi connectivity index (χ0) is 19.5. The van der Waals surface area contributed by atoms with Gasteiger partial charge in [-0.05, 0) is 52.7 Å². The summed E-state index contributed by atoms with van der Waals surface area (Å²) in [4.78, 5) is 19.6. The molecule has 0 aliphatic rings. The second kappa shape index (κ2) is 8.16. The van der Waals surface area contributed by atoms with Crippen molar-refractivity contribution in [1.29, 1.82) is 0 Å². The Labute approximate surface area is 174 Å². The highest BCUT2D eigenvalue weighted by Crippen LogP contribution is 2.35. The fourth-order valence-electron chi connectivity index (χ4n) is 2.85. The third kappa shape index (κ3) is 3.81. The van der Waals surface area contributed by atoms with Crippen molar-refractivity contribution in [2.75, 3.05) is 11.5 Å². The maximum atomic E-state index is 13.2. The van der Waals surface area contributed by atoms with Crippen molar-refractivity contribution in [2.24, 2.45) is 0 Å². The van der Waals surface area contributed by atoms with Crippen molar-refractivity contribution >= 4 is 48.5 Å². The molecule has 0 radical (unpaired) electrons. The number of anilines is 1. The van der Waals surface area contributed by atoms with E-state index in [0.717, 1.165) is 21.5 Å². The summed E-state index contributed by atoms with van der Waals surface area (Å²) in [7, 11) is 0. The van der Waals surface area contributed by atoms with Crippen LogP contribution in [-0.4, -0.2) is 17.5 Å². The van der Waals surface area contributed by atoms with Gasteiger partial charge < -0.3 is 9.15 Å². The molecule has 0 fully saturated rings. The molecular formula is C21H17BrN2O3S. The van der Waals surface area contributed by atoms with E-state index >= 15 is 0 Å². The number of hydrogen-bond donors (Lipinski definition) is 0. The summed E-state index contributed by atoms with van der Waals surface area (Å²) in [6.45, 7) is 2.88. The third-order valence-corrected chi connectivity index (χ3v) is 5.58. The van der Waals surface area contributed by atoms with Gasteiger partial charge in [0.1, 0.15) is 11.3 Å². The molecule has 28 heavy (non-hydrogen) atoms. The van der Waals surface area contributed by atoms with Crippen LogP contribution in [0.25, 0.3) is 10.2 Å². The largest absolute Gasteiger partial charge is 0.492 e. The second-order valence-corrected chi connectivity index (χ2v) is 7.80. The summed E-state index contributed by atoms with van der Waals surface area (Å²) in [6.07, 6.45) is 0. The van der Waals surface area contributed by atoms with Crippen molar-refractivity contribution in [1.82, 2.24) is 4.98 Å². The van der Waals surface area contributed by atoms with E-state index < -0.39 is 0 Å². The Kier molecular flexibility index (Phi) is 5.45. The highest BCUT2D eigenvalue weighted by molar-refractivity contribution is 9.10. The molecule has 4 rings (SSSR count). The number of hydrogen-bond acceptors (Lipinski definition) is 5. The quantitative estimate of drug-likeness (QED) is 0.362. The number of aromatic nitrogens is 1. The summed E-state index contributed by atoms with van der Waals surface area (Å²) < 4.78 is 12.7. The molecule has 2 aromatic carbocycles. The van der Waals surface area contributed by atoms with Crippen LogP contribution in [-0.2, 0) is 6.54 Å². The van der Waals surface area contributed by atoms with E-state index in [9.17, 15) is 4.79 Å². The van der Waals surface area contributed by atoms with Gasteiger partial charge in [0.05, 0.1) is 17.9 Å². The van der Waals surface area contributed by atoms with Gasteiger partial charge in [0.25, 0.3) is 5.91 Å². The van der Waals surface area contributed by atoms with E-state index in [1.807, 2.05) is 55.5 Å². The van der Waals surface area contributed by atoms with Gasteiger partial charge in [-0.1, -0.05) is 47.7 Å². The van der Waals surface area contributed by atoms with Crippen molar-refractivity contribution in [3.8, 4) is 5.75 Å². The third-order valence-electron chi connectivity index (χ3n) is 4.11. The van der Waals surface area contributed by atoms with E-state index in [-0.39, 0.29) is 11.7 Å². The molecule has 2 heterocycles. The molecule has 0 atom stereocenters. The molecular weight excluding hydrogens is 440 g/mol. The highest BCUT2D eigenvalue weighted by Gasteiger charge is 2.25. The molecule has 0 unspecified atom stereocenters. The Bertz CT molecular complexity index is 1110. The zero-order valence-electron chi connectivity index (χ0n) is 15.1. The lowest BCUT2D eigenvalue weighted by Crippen LogP contribution is -2.30. The number of carbonyl (C=O) groups is 1. The lowest BCUT2D eigenvalue weighted by Gasteiger charge is -2.18. The van der Waals surface area contributed by atoms with Crippen molar-refractivity contribution in [2.45, 2.75) is 13.5 Å². The molecule has 5 nitrogen and oxygen atoms in total. The van der Waals surface area contributed by atoms with E-state index in [2.05, 4.69) is 15.9 Å². The van der Waals surface area contributed by atoms with Crippen LogP contribution in [0.5, 0.6) is 5.75 Å². The molecule has 2 aromatic heterocycles. The van der Waals surface area contributed by atoms with Gasteiger partial charge in [-0.25, -0.2) is 4.98 Å². The van der Waals surface area contributed by atoms with E-state index in [1.165, 1.54) is 11.3 Å². The maximum Gasteiger partial charge on any atom is 0.296 e. The zero-order valence-corrected chi connectivity index (χ0v) is 17.5. The molecule has 0 spiro atoms. The van der Waals surface area contributed by atoms with Crippen LogP contribution < -0.4 is 9.64 Å². The van der Waals surface area contributed by atoms with Gasteiger partial charge in [-0.15, -0.1) is 0 Å². The Morgan fingerprint density at radius 2 is 1.96 bits per heavy atom. The first-order valence-corrected chi connectivity index (χ1v) is 10.4. The average molecular weight is 457 g/mol. The second-order valence-electron chi connectivity index (χ2n) is 6.01. The smallest absolute Gasteiger partial charge is 0.296 e. The van der Waals surface area contributed by atoms with Crippen LogP contribution in [0.15, 0.2) is 69.8 Å². The monoisotopic (exact) mass is 456 g/mol. The fourth-order valence-corrected chi connectivity index (χ4v) is 4.14. The molecule has 0 aliphatic carbocycles. The highest BCUT2D eigenvalue weighted by atomic mass is 79.9. The average Bonchev–Trinajstić information content (AvgIpc) is 3.33. The maximum absolute atomic E-state index is 13.2. The van der Waals surface area contributed by atoms with Crippen LogP contribution in [0.2, 0.25) is 0 Å². The predicted molar refractivity (Wildman–Crippen MR) is 114 cm³/mol. The number of rotatable bonds is 6. The Hall–Kier alpha value is -2.64. The molecule has 1 amide bonds. The van der Waals surface area contributed by atoms with E-state index in [4.69, 9.17) is 14.1 Å². The van der Waals surface area contributed by atoms with Gasteiger partial charge in [0.2, 0.25) is 0 Å². The number of thiazole rings is 1. The first kappa shape index (κ1) is 18.7. The minimum Gasteiger partial charge on any atom is -0.492 e. The lowest BCUT2D eigenvalue weighted by atomic mass is 10.2. The van der Waals surface area contributed by atoms with Crippen molar-refractivity contribution in [3.63, 3.8) is 0 Å². The molecule has 0 N–H and O–H groups in total. The van der Waals surface area contributed by atoms with Gasteiger partial charge in [0, 0.05) is 0 Å². The first-order valence-electron chi connectivity index (χ1n) is 8.79. The number of nitrogens with zero attached hydrogens (tertiary/aromatic N) is 2. The molecule has 0 bridgehead atoms. The summed E-state index contributed by atoms with van der Waals surface area (Å²) >= 11 is 4.72. The van der Waals surface area contributed by atoms with Gasteiger partial charge in [-0.3, -0.25) is 9.69 Å². The number of fused-ring (bicyclic) bond motifs is 1. The summed E-state index contributed by atoms with van der Waals surface area (Å²) in [5.41, 5.74) is 1.77. The van der Waals surface area contributed by atoms with Gasteiger partial charge in [-0.2, -0.15) is 0 Å². The number of halogens is 1. The number of carbonyl (C=O) groups excluding carboxylic acids is 1. The lowest BCUT2D eigenvalue weighted by molar-refractivity contribution is 0.0957. The topological polar surface area (TPSA) is 55.6 Å². The van der Waals surface area contributed by atoms with Crippen molar-refractivity contribution < 1.29 is 13.9 Å². The van der Waals surface area contributed by atoms with Crippen LogP contribution in [0.3, 0.4) is 0 Å². The molecule has 0 aliphatic heterocycles. The molecule has 0 saturated carbocycles. The van der Waals surface area contributed by atoms with E-state index in [1.54, 1.807) is 17.0 Å². The number of amides is 1. The summed E-state index contributed by atoms with van der Waals surface area (Å²) in [6, 6.07) is 19.0. The molecule has 4 aromatic rings. The Morgan fingerprint density at radius 1 is 1.14 bits per heavy atom.